The lowest BCUT2D eigenvalue weighted by atomic mass is 10.0. The van der Waals surface area contributed by atoms with Crippen LogP contribution < -0.4 is 0 Å². The van der Waals surface area contributed by atoms with E-state index >= 15 is 0 Å². The molecule has 3 nitrogen and oxygen atoms in total. The number of likely N-dealkylation sites (tertiary alicyclic amines) is 1. The number of hydrogen-bond acceptors (Lipinski definition) is 3. The summed E-state index contributed by atoms with van der Waals surface area (Å²) in [6, 6.07) is 10.0. The standard InChI is InChI=1S/C15H21NO2.ClH/c1-18-15(17)14(16-10-6-3-7-11-16)12-13-8-4-2-5-9-13;/h2,4-5,8-9,14H,3,6-7,10-12H2,1H3;1H. The fourth-order valence-electron chi connectivity index (χ4n) is 2.56. The van der Waals surface area contributed by atoms with E-state index in [4.69, 9.17) is 4.74 Å². The van der Waals surface area contributed by atoms with Crippen molar-refractivity contribution in [1.82, 2.24) is 4.90 Å². The van der Waals surface area contributed by atoms with Crippen LogP contribution >= 0.6 is 12.4 Å². The third-order valence-electron chi connectivity index (χ3n) is 3.58. The number of methoxy groups -OCH3 is 1. The molecule has 1 unspecified atom stereocenters. The fraction of sp³-hybridized carbons (Fsp3) is 0.533. The van der Waals surface area contributed by atoms with Crippen molar-refractivity contribution in [3.63, 3.8) is 0 Å². The summed E-state index contributed by atoms with van der Waals surface area (Å²) in [5, 5.41) is 0. The number of carbonyl (C=O) groups excluding carboxylic acids is 1. The largest absolute Gasteiger partial charge is 0.468 e. The van der Waals surface area contributed by atoms with Gasteiger partial charge in [-0.25, -0.2) is 0 Å². The number of nitrogens with zero attached hydrogens (tertiary/aromatic N) is 1. The maximum atomic E-state index is 12.0. The van der Waals surface area contributed by atoms with Crippen molar-refractivity contribution in [3.05, 3.63) is 35.9 Å². The average molecular weight is 284 g/mol. The lowest BCUT2D eigenvalue weighted by Crippen LogP contribution is -2.45. The highest BCUT2D eigenvalue weighted by atomic mass is 35.5. The van der Waals surface area contributed by atoms with E-state index in [1.807, 2.05) is 18.2 Å². The number of carbonyl (C=O) groups is 1. The van der Waals surface area contributed by atoms with Crippen molar-refractivity contribution >= 4 is 18.4 Å². The molecule has 0 bridgehead atoms. The van der Waals surface area contributed by atoms with Gasteiger partial charge in [0.2, 0.25) is 0 Å². The minimum Gasteiger partial charge on any atom is -0.468 e. The van der Waals surface area contributed by atoms with Crippen LogP contribution in [0.5, 0.6) is 0 Å². The molecule has 1 fully saturated rings. The first-order valence-electron chi connectivity index (χ1n) is 6.67. The molecule has 1 atom stereocenters. The Labute approximate surface area is 121 Å². The van der Waals surface area contributed by atoms with Crippen molar-refractivity contribution in [2.24, 2.45) is 0 Å². The zero-order chi connectivity index (χ0) is 12.8. The zero-order valence-electron chi connectivity index (χ0n) is 11.4. The summed E-state index contributed by atoms with van der Waals surface area (Å²) in [7, 11) is 1.48. The fourth-order valence-corrected chi connectivity index (χ4v) is 2.56. The highest BCUT2D eigenvalue weighted by molar-refractivity contribution is 5.85. The minimum absolute atomic E-state index is 0. The van der Waals surface area contributed by atoms with Gasteiger partial charge in [0.05, 0.1) is 7.11 Å². The van der Waals surface area contributed by atoms with Gasteiger partial charge in [0, 0.05) is 0 Å². The monoisotopic (exact) mass is 283 g/mol. The molecular weight excluding hydrogens is 262 g/mol. The quantitative estimate of drug-likeness (QED) is 0.796. The molecule has 0 radical (unpaired) electrons. The normalized spacial score (nSPS) is 17.3. The molecule has 0 spiro atoms. The van der Waals surface area contributed by atoms with Gasteiger partial charge >= 0.3 is 5.97 Å². The molecule has 1 aromatic carbocycles. The third kappa shape index (κ3) is 4.51. The lowest BCUT2D eigenvalue weighted by Gasteiger charge is -2.32. The molecule has 1 saturated heterocycles. The SMILES string of the molecule is COC(=O)C(Cc1ccccc1)N1CCCCC1.Cl. The Balaban J connectivity index is 0.00000180. The molecule has 1 aliphatic rings. The smallest absolute Gasteiger partial charge is 0.323 e. The van der Waals surface area contributed by atoms with Crippen molar-refractivity contribution in [2.75, 3.05) is 20.2 Å². The Morgan fingerprint density at radius 3 is 2.42 bits per heavy atom. The van der Waals surface area contributed by atoms with Gasteiger partial charge in [0.25, 0.3) is 0 Å². The Bertz CT molecular complexity index is 377. The van der Waals surface area contributed by atoms with Crippen molar-refractivity contribution in [2.45, 2.75) is 31.7 Å². The van der Waals surface area contributed by atoms with E-state index in [9.17, 15) is 4.79 Å². The highest BCUT2D eigenvalue weighted by Crippen LogP contribution is 2.16. The van der Waals surface area contributed by atoms with E-state index in [-0.39, 0.29) is 24.4 Å². The van der Waals surface area contributed by atoms with Gasteiger partial charge in [-0.05, 0) is 37.9 Å². The number of rotatable bonds is 4. The molecule has 0 amide bonds. The molecule has 0 aliphatic carbocycles. The lowest BCUT2D eigenvalue weighted by molar-refractivity contribution is -0.147. The second-order valence-corrected chi connectivity index (χ2v) is 4.83. The van der Waals surface area contributed by atoms with Crippen LogP contribution in [-0.2, 0) is 16.0 Å². The predicted octanol–water partition coefficient (Wildman–Crippen LogP) is 2.68. The Hall–Kier alpha value is -1.06. The first-order valence-corrected chi connectivity index (χ1v) is 6.67. The predicted molar refractivity (Wildman–Crippen MR) is 78.6 cm³/mol. The summed E-state index contributed by atoms with van der Waals surface area (Å²) in [6.45, 7) is 2.01. The summed E-state index contributed by atoms with van der Waals surface area (Å²) < 4.78 is 4.96. The minimum atomic E-state index is -0.127. The maximum absolute atomic E-state index is 12.0. The van der Waals surface area contributed by atoms with Crippen LogP contribution in [0.15, 0.2) is 30.3 Å². The van der Waals surface area contributed by atoms with Gasteiger partial charge in [0.1, 0.15) is 6.04 Å². The Morgan fingerprint density at radius 2 is 1.84 bits per heavy atom. The Morgan fingerprint density at radius 1 is 1.21 bits per heavy atom. The van der Waals surface area contributed by atoms with Crippen molar-refractivity contribution in [3.8, 4) is 0 Å². The molecule has 0 saturated carbocycles. The first kappa shape index (κ1) is 16.0. The van der Waals surface area contributed by atoms with Gasteiger partial charge in [-0.15, -0.1) is 12.4 Å². The molecule has 0 aromatic heterocycles. The number of halogens is 1. The summed E-state index contributed by atoms with van der Waals surface area (Å²) >= 11 is 0. The number of ether oxygens (including phenoxy) is 1. The maximum Gasteiger partial charge on any atom is 0.323 e. The first-order chi connectivity index (χ1) is 8.81. The van der Waals surface area contributed by atoms with Crippen molar-refractivity contribution < 1.29 is 9.53 Å². The van der Waals surface area contributed by atoms with E-state index < -0.39 is 0 Å². The summed E-state index contributed by atoms with van der Waals surface area (Å²) in [6.07, 6.45) is 4.38. The molecular formula is C15H22ClNO2. The van der Waals surface area contributed by atoms with Crippen LogP contribution in [0, 0.1) is 0 Å². The molecule has 1 aromatic rings. The second kappa shape index (κ2) is 8.18. The van der Waals surface area contributed by atoms with Gasteiger partial charge < -0.3 is 4.74 Å². The van der Waals surface area contributed by atoms with E-state index in [1.54, 1.807) is 0 Å². The molecule has 2 rings (SSSR count). The summed E-state index contributed by atoms with van der Waals surface area (Å²) in [5.74, 6) is -0.110. The van der Waals surface area contributed by atoms with Crippen LogP contribution in [0.3, 0.4) is 0 Å². The van der Waals surface area contributed by atoms with Gasteiger partial charge in [-0.2, -0.15) is 0 Å². The van der Waals surface area contributed by atoms with Crippen LogP contribution in [0.25, 0.3) is 0 Å². The van der Waals surface area contributed by atoms with Crippen LogP contribution in [0.4, 0.5) is 0 Å². The Kier molecular flexibility index (Phi) is 6.89. The summed E-state index contributed by atoms with van der Waals surface area (Å²) in [5.41, 5.74) is 1.19. The van der Waals surface area contributed by atoms with Crippen LogP contribution in [0.1, 0.15) is 24.8 Å². The second-order valence-electron chi connectivity index (χ2n) is 4.83. The number of benzene rings is 1. The number of hydrogen-bond donors (Lipinski definition) is 0. The molecule has 0 N–H and O–H groups in total. The van der Waals surface area contributed by atoms with Crippen molar-refractivity contribution in [1.29, 1.82) is 0 Å². The van der Waals surface area contributed by atoms with E-state index in [0.29, 0.717) is 0 Å². The van der Waals surface area contributed by atoms with Crippen LogP contribution in [0.2, 0.25) is 0 Å². The highest BCUT2D eigenvalue weighted by Gasteiger charge is 2.27. The topological polar surface area (TPSA) is 29.5 Å². The van der Waals surface area contributed by atoms with E-state index in [1.165, 1.54) is 31.9 Å². The summed E-state index contributed by atoms with van der Waals surface area (Å²) in [4.78, 5) is 14.2. The van der Waals surface area contributed by atoms with Crippen LogP contribution in [-0.4, -0.2) is 37.1 Å². The zero-order valence-corrected chi connectivity index (χ0v) is 12.2. The average Bonchev–Trinajstić information content (AvgIpc) is 2.46. The number of piperidine rings is 1. The molecule has 4 heteroatoms. The number of esters is 1. The van der Waals surface area contributed by atoms with Gasteiger partial charge in [-0.1, -0.05) is 36.8 Å². The van der Waals surface area contributed by atoms with E-state index in [2.05, 4.69) is 17.0 Å². The third-order valence-corrected chi connectivity index (χ3v) is 3.58. The molecule has 19 heavy (non-hydrogen) atoms. The van der Waals surface area contributed by atoms with Gasteiger partial charge in [0.15, 0.2) is 0 Å². The van der Waals surface area contributed by atoms with E-state index in [0.717, 1.165) is 19.5 Å². The molecule has 1 heterocycles. The molecule has 1 aliphatic heterocycles. The molecule has 106 valence electrons. The van der Waals surface area contributed by atoms with Gasteiger partial charge in [-0.3, -0.25) is 9.69 Å².